The number of hydrogen-bond acceptors (Lipinski definition) is 2. The molecule has 0 spiro atoms. The first-order chi connectivity index (χ1) is 19.2. The predicted octanol–water partition coefficient (Wildman–Crippen LogP) is 9.89. The fraction of sp³-hybridized carbons (Fsp3) is 0. The van der Waals surface area contributed by atoms with Gasteiger partial charge in [-0.3, -0.25) is 0 Å². The molecule has 0 bridgehead atoms. The van der Waals surface area contributed by atoms with Crippen molar-refractivity contribution >= 4 is 44.7 Å². The lowest BCUT2D eigenvalue weighted by Crippen LogP contribution is -2.15. The Kier molecular flexibility index (Phi) is 5.22. The standard InChI is InChI=1S/C36H21N3/c1-38-28(23-37)21-24-14-15-26-22-27(17-16-25(26)20-24)30-18-19-35-36-32(30)11-7-12-33(36)31-10-5-6-13-34(31)39(35)29-8-3-2-4-9-29/h2-22H/b28-21-. The van der Waals surface area contributed by atoms with Crippen LogP contribution in [0.4, 0.5) is 17.1 Å². The molecular formula is C36H21N3. The van der Waals surface area contributed by atoms with Crippen LogP contribution in [0.2, 0.25) is 0 Å². The van der Waals surface area contributed by atoms with E-state index in [1.54, 1.807) is 6.08 Å². The van der Waals surface area contributed by atoms with Crippen LogP contribution in [0.3, 0.4) is 0 Å². The first-order valence-electron chi connectivity index (χ1n) is 12.8. The van der Waals surface area contributed by atoms with Gasteiger partial charge in [-0.2, -0.15) is 0 Å². The van der Waals surface area contributed by atoms with Crippen molar-refractivity contribution in [2.24, 2.45) is 0 Å². The fourth-order valence-corrected chi connectivity index (χ4v) is 5.70. The topological polar surface area (TPSA) is 31.4 Å². The van der Waals surface area contributed by atoms with Gasteiger partial charge in [0.15, 0.2) is 0 Å². The first kappa shape index (κ1) is 22.5. The van der Waals surface area contributed by atoms with Crippen LogP contribution in [0.5, 0.6) is 0 Å². The van der Waals surface area contributed by atoms with Crippen molar-refractivity contribution in [1.82, 2.24) is 0 Å². The minimum absolute atomic E-state index is 0.0842. The molecule has 3 nitrogen and oxygen atoms in total. The first-order valence-corrected chi connectivity index (χ1v) is 12.8. The van der Waals surface area contributed by atoms with E-state index in [1.165, 1.54) is 38.8 Å². The largest absolute Gasteiger partial charge is 0.309 e. The molecular weight excluding hydrogens is 474 g/mol. The number of allylic oxidation sites excluding steroid dienone is 1. The van der Waals surface area contributed by atoms with Crippen molar-refractivity contribution in [3.8, 4) is 28.3 Å². The van der Waals surface area contributed by atoms with E-state index in [9.17, 15) is 0 Å². The van der Waals surface area contributed by atoms with Crippen LogP contribution >= 0.6 is 0 Å². The average Bonchev–Trinajstić information content (AvgIpc) is 3.00. The molecule has 7 rings (SSSR count). The third kappa shape index (κ3) is 3.65. The van der Waals surface area contributed by atoms with E-state index in [0.29, 0.717) is 0 Å². The summed E-state index contributed by atoms with van der Waals surface area (Å²) < 4.78 is 0. The summed E-state index contributed by atoms with van der Waals surface area (Å²) in [6.45, 7) is 7.14. The maximum Gasteiger partial charge on any atom is 0.262 e. The monoisotopic (exact) mass is 495 g/mol. The number of hydrogen-bond donors (Lipinski definition) is 0. The normalized spacial score (nSPS) is 12.2. The van der Waals surface area contributed by atoms with Gasteiger partial charge >= 0.3 is 0 Å². The summed E-state index contributed by atoms with van der Waals surface area (Å²) in [6, 6.07) is 44.7. The lowest BCUT2D eigenvalue weighted by atomic mass is 9.87. The highest BCUT2D eigenvalue weighted by atomic mass is 15.2. The van der Waals surface area contributed by atoms with Crippen molar-refractivity contribution in [1.29, 1.82) is 5.26 Å². The van der Waals surface area contributed by atoms with Gasteiger partial charge in [0.05, 0.1) is 24.0 Å². The average molecular weight is 496 g/mol. The lowest BCUT2D eigenvalue weighted by Gasteiger charge is -2.34. The third-order valence-corrected chi connectivity index (χ3v) is 7.42. The van der Waals surface area contributed by atoms with Gasteiger partial charge in [-0.15, -0.1) is 0 Å². The van der Waals surface area contributed by atoms with E-state index in [0.717, 1.165) is 27.6 Å². The Morgan fingerprint density at radius 3 is 2.31 bits per heavy atom. The number of fused-ring (bicyclic) bond motifs is 3. The number of rotatable bonds is 3. The molecule has 0 fully saturated rings. The van der Waals surface area contributed by atoms with Crippen LogP contribution < -0.4 is 4.90 Å². The Morgan fingerprint density at radius 1 is 0.692 bits per heavy atom. The SMILES string of the molecule is [C-]#[N+]/C(C#N)=C\c1ccc2cc(-c3ccc4c5c(cccc35)-c3ccccc3N4c3ccccc3)ccc2c1. The summed E-state index contributed by atoms with van der Waals surface area (Å²) in [5, 5.41) is 13.8. The highest BCUT2D eigenvalue weighted by Gasteiger charge is 2.26. The molecule has 0 radical (unpaired) electrons. The molecule has 6 aromatic carbocycles. The molecule has 0 atom stereocenters. The Morgan fingerprint density at radius 2 is 1.46 bits per heavy atom. The molecule has 1 aliphatic heterocycles. The maximum absolute atomic E-state index is 9.11. The molecule has 6 aromatic rings. The zero-order valence-electron chi connectivity index (χ0n) is 21.0. The zero-order valence-corrected chi connectivity index (χ0v) is 21.0. The molecule has 0 N–H and O–H groups in total. The van der Waals surface area contributed by atoms with Crippen LogP contribution in [0, 0.1) is 17.9 Å². The number of nitriles is 1. The molecule has 1 heterocycles. The Bertz CT molecular complexity index is 2020. The van der Waals surface area contributed by atoms with E-state index in [2.05, 4.69) is 119 Å². The summed E-state index contributed by atoms with van der Waals surface area (Å²) in [6.07, 6.45) is 1.63. The minimum atomic E-state index is 0.0842. The Labute approximate surface area is 226 Å². The van der Waals surface area contributed by atoms with Gasteiger partial charge in [0.2, 0.25) is 0 Å². The second-order valence-electron chi connectivity index (χ2n) is 9.62. The van der Waals surface area contributed by atoms with Gasteiger partial charge in [0.25, 0.3) is 5.70 Å². The van der Waals surface area contributed by atoms with E-state index in [-0.39, 0.29) is 5.70 Å². The fourth-order valence-electron chi connectivity index (χ4n) is 5.70. The predicted molar refractivity (Wildman–Crippen MR) is 161 cm³/mol. The molecule has 0 unspecified atom stereocenters. The molecule has 0 aromatic heterocycles. The minimum Gasteiger partial charge on any atom is -0.309 e. The highest BCUT2D eigenvalue weighted by Crippen LogP contribution is 2.52. The molecule has 39 heavy (non-hydrogen) atoms. The van der Waals surface area contributed by atoms with Crippen molar-refractivity contribution in [2.75, 3.05) is 4.90 Å². The van der Waals surface area contributed by atoms with Gasteiger partial charge in [0, 0.05) is 16.6 Å². The molecule has 180 valence electrons. The summed E-state index contributed by atoms with van der Waals surface area (Å²) in [7, 11) is 0. The van der Waals surface area contributed by atoms with Gasteiger partial charge in [0.1, 0.15) is 0 Å². The Balaban J connectivity index is 1.42. The van der Waals surface area contributed by atoms with Crippen molar-refractivity contribution in [2.45, 2.75) is 0 Å². The van der Waals surface area contributed by atoms with Crippen LogP contribution in [-0.2, 0) is 0 Å². The van der Waals surface area contributed by atoms with Crippen LogP contribution in [0.1, 0.15) is 5.56 Å². The van der Waals surface area contributed by atoms with Crippen molar-refractivity contribution in [3.05, 3.63) is 144 Å². The molecule has 0 amide bonds. The number of benzene rings is 6. The molecule has 3 heteroatoms. The van der Waals surface area contributed by atoms with Crippen LogP contribution in [0.25, 0.3) is 54.7 Å². The lowest BCUT2D eigenvalue weighted by molar-refractivity contribution is 1.28. The highest BCUT2D eigenvalue weighted by molar-refractivity contribution is 6.17. The van der Waals surface area contributed by atoms with Gasteiger partial charge in [-0.25, -0.2) is 10.1 Å². The maximum atomic E-state index is 9.11. The second-order valence-corrected chi connectivity index (χ2v) is 9.62. The van der Waals surface area contributed by atoms with Crippen molar-refractivity contribution in [3.63, 3.8) is 0 Å². The van der Waals surface area contributed by atoms with E-state index >= 15 is 0 Å². The van der Waals surface area contributed by atoms with Gasteiger partial charge in [-0.05, 0) is 80.9 Å². The quantitative estimate of drug-likeness (QED) is 0.180. The van der Waals surface area contributed by atoms with Crippen LogP contribution in [-0.4, -0.2) is 0 Å². The van der Waals surface area contributed by atoms with Crippen molar-refractivity contribution < 1.29 is 0 Å². The molecule has 1 aliphatic rings. The summed E-state index contributed by atoms with van der Waals surface area (Å²) in [5.41, 5.74) is 9.26. The molecule has 0 saturated heterocycles. The molecule has 0 aliphatic carbocycles. The van der Waals surface area contributed by atoms with E-state index in [1.807, 2.05) is 18.2 Å². The third-order valence-electron chi connectivity index (χ3n) is 7.42. The smallest absolute Gasteiger partial charge is 0.262 e. The molecule has 0 saturated carbocycles. The number of anilines is 3. The Hall–Kier alpha value is -5.64. The summed E-state index contributed by atoms with van der Waals surface area (Å²) >= 11 is 0. The van der Waals surface area contributed by atoms with Crippen LogP contribution in [0.15, 0.2) is 127 Å². The van der Waals surface area contributed by atoms with Gasteiger partial charge < -0.3 is 4.90 Å². The number of para-hydroxylation sites is 2. The number of nitrogens with zero attached hydrogens (tertiary/aromatic N) is 3. The van der Waals surface area contributed by atoms with Gasteiger partial charge in [-0.1, -0.05) is 84.9 Å². The summed E-state index contributed by atoms with van der Waals surface area (Å²) in [5.74, 6) is 0. The van der Waals surface area contributed by atoms with E-state index in [4.69, 9.17) is 11.8 Å². The van der Waals surface area contributed by atoms with E-state index < -0.39 is 0 Å². The second kappa shape index (κ2) is 9.03. The zero-order chi connectivity index (χ0) is 26.3. The summed E-state index contributed by atoms with van der Waals surface area (Å²) in [4.78, 5) is 5.64.